The number of esters is 2. The lowest BCUT2D eigenvalue weighted by atomic mass is 10.1. The molecule has 2 aromatic carbocycles. The van der Waals surface area contributed by atoms with E-state index in [1.807, 2.05) is 30.3 Å². The molecule has 0 bridgehead atoms. The Hall–Kier alpha value is -4.51. The van der Waals surface area contributed by atoms with Gasteiger partial charge >= 0.3 is 18.0 Å². The van der Waals surface area contributed by atoms with Gasteiger partial charge in [-0.1, -0.05) is 48.5 Å². The molecule has 11 heteroatoms. The van der Waals surface area contributed by atoms with Crippen LogP contribution in [0.15, 0.2) is 65.5 Å². The van der Waals surface area contributed by atoms with Crippen LogP contribution in [0.2, 0.25) is 0 Å². The summed E-state index contributed by atoms with van der Waals surface area (Å²) in [7, 11) is 1.11. The molecule has 2 N–H and O–H groups in total. The Morgan fingerprint density at radius 3 is 2.42 bits per heavy atom. The van der Waals surface area contributed by atoms with Crippen LogP contribution in [0.1, 0.15) is 38.3 Å². The summed E-state index contributed by atoms with van der Waals surface area (Å²) in [5.74, 6) is -2.39. The van der Waals surface area contributed by atoms with Crippen LogP contribution >= 0.6 is 0 Å². The van der Waals surface area contributed by atoms with E-state index in [4.69, 9.17) is 14.2 Å². The fourth-order valence-electron chi connectivity index (χ4n) is 3.66. The van der Waals surface area contributed by atoms with Gasteiger partial charge in [0, 0.05) is 19.6 Å². The minimum Gasteiger partial charge on any atom is -0.464 e. The normalized spacial score (nSPS) is 15.1. The summed E-state index contributed by atoms with van der Waals surface area (Å²) in [6, 6.07) is 16.4. The van der Waals surface area contributed by atoms with Gasteiger partial charge in [-0.25, -0.2) is 19.4 Å². The predicted molar refractivity (Wildman–Crippen MR) is 127 cm³/mol. The maximum absolute atomic E-state index is 12.9. The molecular formula is C25H24N4O7. The molecule has 0 aliphatic carbocycles. The van der Waals surface area contributed by atoms with E-state index in [1.165, 1.54) is 17.0 Å². The Morgan fingerprint density at radius 2 is 1.72 bits per heavy atom. The van der Waals surface area contributed by atoms with Crippen LogP contribution in [0.25, 0.3) is 0 Å². The molecule has 3 aromatic rings. The lowest BCUT2D eigenvalue weighted by molar-refractivity contribution is 0.0581. The summed E-state index contributed by atoms with van der Waals surface area (Å²) in [4.78, 5) is 59.0. The number of aromatic nitrogens is 2. The third-order valence-electron chi connectivity index (χ3n) is 5.48. The van der Waals surface area contributed by atoms with Gasteiger partial charge in [0.2, 0.25) is 5.75 Å². The molecule has 1 atom stereocenters. The average molecular weight is 492 g/mol. The first kappa shape index (κ1) is 24.6. The van der Waals surface area contributed by atoms with Crippen LogP contribution < -0.4 is 15.6 Å². The van der Waals surface area contributed by atoms with E-state index in [0.717, 1.165) is 12.7 Å². The molecule has 1 fully saturated rings. The second-order valence-electron chi connectivity index (χ2n) is 7.83. The summed E-state index contributed by atoms with van der Waals surface area (Å²) in [6.07, 6.45) is -0.604. The SMILES string of the molecule is COC(=O)c1nc(C2CNCCN2C(=O)OCc2ccccc2)[nH]c(=O)c1OC(=O)c1ccccc1. The van der Waals surface area contributed by atoms with E-state index < -0.39 is 41.1 Å². The molecule has 1 aliphatic rings. The van der Waals surface area contributed by atoms with E-state index in [2.05, 4.69) is 15.3 Å². The zero-order valence-electron chi connectivity index (χ0n) is 19.4. The number of hydrogen-bond acceptors (Lipinski definition) is 9. The Bertz CT molecular complexity index is 1290. The quantitative estimate of drug-likeness (QED) is 0.495. The minimum absolute atomic E-state index is 0.0174. The minimum atomic E-state index is -0.972. The molecule has 2 heterocycles. The molecule has 1 aromatic heterocycles. The second-order valence-corrected chi connectivity index (χ2v) is 7.83. The molecule has 4 rings (SSSR count). The first-order valence-corrected chi connectivity index (χ1v) is 11.2. The first-order valence-electron chi connectivity index (χ1n) is 11.2. The van der Waals surface area contributed by atoms with Gasteiger partial charge in [-0.05, 0) is 17.7 Å². The summed E-state index contributed by atoms with van der Waals surface area (Å²) in [5, 5.41) is 3.13. The van der Waals surface area contributed by atoms with Gasteiger partial charge in [-0.2, -0.15) is 0 Å². The fourth-order valence-corrected chi connectivity index (χ4v) is 3.66. The van der Waals surface area contributed by atoms with Crippen LogP contribution in [0.5, 0.6) is 5.75 Å². The molecule has 0 spiro atoms. The number of methoxy groups -OCH3 is 1. The zero-order chi connectivity index (χ0) is 25.5. The number of rotatable bonds is 6. The molecule has 1 amide bonds. The topological polar surface area (TPSA) is 140 Å². The fraction of sp³-hybridized carbons (Fsp3) is 0.240. The lowest BCUT2D eigenvalue weighted by Crippen LogP contribution is -2.49. The van der Waals surface area contributed by atoms with Crippen LogP contribution in [0.3, 0.4) is 0 Å². The number of nitrogens with one attached hydrogen (secondary N) is 2. The van der Waals surface area contributed by atoms with Crippen molar-refractivity contribution in [2.24, 2.45) is 0 Å². The van der Waals surface area contributed by atoms with E-state index in [-0.39, 0.29) is 31.1 Å². The molecule has 11 nitrogen and oxygen atoms in total. The van der Waals surface area contributed by atoms with Gasteiger partial charge in [-0.3, -0.25) is 9.69 Å². The van der Waals surface area contributed by atoms with E-state index in [9.17, 15) is 19.2 Å². The Labute approximate surface area is 206 Å². The lowest BCUT2D eigenvalue weighted by Gasteiger charge is -2.34. The van der Waals surface area contributed by atoms with Gasteiger partial charge in [-0.15, -0.1) is 0 Å². The number of carbonyl (C=O) groups excluding carboxylic acids is 3. The van der Waals surface area contributed by atoms with Crippen LogP contribution in [0.4, 0.5) is 4.79 Å². The molecule has 1 aliphatic heterocycles. The highest BCUT2D eigenvalue weighted by molar-refractivity contribution is 5.94. The summed E-state index contributed by atoms with van der Waals surface area (Å²) in [6.45, 7) is 1.09. The number of hydrogen-bond donors (Lipinski definition) is 2. The van der Waals surface area contributed by atoms with Crippen molar-refractivity contribution in [3.05, 3.63) is 93.7 Å². The van der Waals surface area contributed by atoms with Crippen molar-refractivity contribution in [3.63, 3.8) is 0 Å². The highest BCUT2D eigenvalue weighted by Gasteiger charge is 2.33. The average Bonchev–Trinajstić information content (AvgIpc) is 2.93. The van der Waals surface area contributed by atoms with Crippen LogP contribution in [0, 0.1) is 0 Å². The molecule has 186 valence electrons. The van der Waals surface area contributed by atoms with Crippen molar-refractivity contribution in [2.45, 2.75) is 12.6 Å². The summed E-state index contributed by atoms with van der Waals surface area (Å²) < 4.78 is 15.4. The number of H-pyrrole nitrogens is 1. The maximum atomic E-state index is 12.9. The van der Waals surface area contributed by atoms with Crippen molar-refractivity contribution >= 4 is 18.0 Å². The summed E-state index contributed by atoms with van der Waals surface area (Å²) >= 11 is 0. The first-order chi connectivity index (χ1) is 17.5. The maximum Gasteiger partial charge on any atom is 0.410 e. The number of amides is 1. The smallest absolute Gasteiger partial charge is 0.410 e. The van der Waals surface area contributed by atoms with Crippen molar-refractivity contribution in [2.75, 3.05) is 26.7 Å². The third kappa shape index (κ3) is 5.58. The van der Waals surface area contributed by atoms with Crippen molar-refractivity contribution in [1.82, 2.24) is 20.2 Å². The number of nitrogens with zero attached hydrogens (tertiary/aromatic N) is 2. The number of ether oxygens (including phenoxy) is 3. The number of piperazine rings is 1. The molecular weight excluding hydrogens is 468 g/mol. The third-order valence-corrected chi connectivity index (χ3v) is 5.48. The standard InChI is InChI=1S/C25H24N4O7/c1-34-24(32)19-20(36-23(31)17-10-6-3-7-11-17)22(30)28-21(27-19)18-14-26-12-13-29(18)25(33)35-15-16-8-4-2-5-9-16/h2-11,18,26H,12-15H2,1H3,(H,27,28,30). The van der Waals surface area contributed by atoms with E-state index in [0.29, 0.717) is 6.54 Å². The second kappa shape index (κ2) is 11.3. The van der Waals surface area contributed by atoms with Crippen molar-refractivity contribution in [3.8, 4) is 5.75 Å². The molecule has 1 unspecified atom stereocenters. The predicted octanol–water partition coefficient (Wildman–Crippen LogP) is 2.06. The molecule has 36 heavy (non-hydrogen) atoms. The molecule has 0 saturated carbocycles. The van der Waals surface area contributed by atoms with Crippen LogP contribution in [-0.4, -0.2) is 59.6 Å². The molecule has 1 saturated heterocycles. The van der Waals surface area contributed by atoms with Crippen LogP contribution in [-0.2, 0) is 16.1 Å². The molecule has 0 radical (unpaired) electrons. The van der Waals surface area contributed by atoms with Gasteiger partial charge in [0.25, 0.3) is 5.56 Å². The van der Waals surface area contributed by atoms with Gasteiger partial charge in [0.1, 0.15) is 18.5 Å². The van der Waals surface area contributed by atoms with E-state index >= 15 is 0 Å². The van der Waals surface area contributed by atoms with Gasteiger partial charge in [0.05, 0.1) is 12.7 Å². The highest BCUT2D eigenvalue weighted by atomic mass is 16.6. The number of carbonyl (C=O) groups is 3. The highest BCUT2D eigenvalue weighted by Crippen LogP contribution is 2.23. The van der Waals surface area contributed by atoms with Crippen molar-refractivity contribution in [1.29, 1.82) is 0 Å². The van der Waals surface area contributed by atoms with Crippen molar-refractivity contribution < 1.29 is 28.6 Å². The Morgan fingerprint density at radius 1 is 1.03 bits per heavy atom. The number of aromatic amines is 1. The zero-order valence-corrected chi connectivity index (χ0v) is 19.4. The van der Waals surface area contributed by atoms with Gasteiger partial charge < -0.3 is 24.5 Å². The number of benzene rings is 2. The Balaban J connectivity index is 1.61. The van der Waals surface area contributed by atoms with Gasteiger partial charge in [0.15, 0.2) is 5.69 Å². The van der Waals surface area contributed by atoms with E-state index in [1.54, 1.807) is 18.2 Å². The largest absolute Gasteiger partial charge is 0.464 e. The monoisotopic (exact) mass is 492 g/mol. The summed E-state index contributed by atoms with van der Waals surface area (Å²) in [5.41, 5.74) is -0.348. The Kier molecular flexibility index (Phi) is 7.71.